The van der Waals surface area contributed by atoms with Gasteiger partial charge in [-0.1, -0.05) is 17.2 Å². The quantitative estimate of drug-likeness (QED) is 0.576. The van der Waals surface area contributed by atoms with Gasteiger partial charge in [0.1, 0.15) is 0 Å². The highest BCUT2D eigenvalue weighted by molar-refractivity contribution is 7.68. The average molecular weight is 298 g/mol. The molecule has 3 aliphatic heterocycles. The highest BCUT2D eigenvalue weighted by Gasteiger charge is 2.63. The first-order valence-corrected chi connectivity index (χ1v) is 10.1. The van der Waals surface area contributed by atoms with Gasteiger partial charge in [0, 0.05) is 22.9 Å². The molecule has 2 unspecified atom stereocenters. The molecule has 0 aromatic carbocycles. The summed E-state index contributed by atoms with van der Waals surface area (Å²) in [6.45, 7) is 4.46. The molecule has 0 aromatic rings. The molecule has 6 atom stereocenters. The minimum atomic E-state index is -2.33. The van der Waals surface area contributed by atoms with E-state index >= 15 is 0 Å². The van der Waals surface area contributed by atoms with Gasteiger partial charge in [-0.05, 0) is 55.9 Å². The molecule has 3 heterocycles. The van der Waals surface area contributed by atoms with Gasteiger partial charge in [0.05, 0.1) is 0 Å². The van der Waals surface area contributed by atoms with Gasteiger partial charge in [-0.2, -0.15) is 0 Å². The summed E-state index contributed by atoms with van der Waals surface area (Å²) in [5.41, 5.74) is 4.39. The van der Waals surface area contributed by atoms with Crippen LogP contribution in [0.25, 0.3) is 0 Å². The summed E-state index contributed by atoms with van der Waals surface area (Å²) in [4.78, 5) is 0. The first kappa shape index (κ1) is 14.0. The molecule has 0 saturated carbocycles. The topological polar surface area (TPSA) is 23.6 Å². The van der Waals surface area contributed by atoms with Crippen LogP contribution in [0.2, 0.25) is 0 Å². The number of allylic oxidation sites excluding steroid dienone is 3. The van der Waals surface area contributed by atoms with Crippen LogP contribution in [0.4, 0.5) is 0 Å². The first-order valence-electron chi connectivity index (χ1n) is 6.89. The molecule has 0 radical (unpaired) electrons. The second-order valence-corrected chi connectivity index (χ2v) is 12.2. The van der Waals surface area contributed by atoms with Gasteiger partial charge in [-0.3, -0.25) is 9.34 Å². The maximum Gasteiger partial charge on any atom is 0.175 e. The van der Waals surface area contributed by atoms with Crippen LogP contribution < -0.4 is 0 Å². The molecule has 106 valence electrons. The molecule has 0 spiro atoms. The van der Waals surface area contributed by atoms with Crippen LogP contribution in [-0.2, 0) is 4.57 Å². The Hall–Kier alpha value is 0.0600. The summed E-state index contributed by atoms with van der Waals surface area (Å²) in [7, 11) is 5.82. The van der Waals surface area contributed by atoms with Gasteiger partial charge in [0.25, 0.3) is 0 Å². The zero-order valence-electron chi connectivity index (χ0n) is 12.7. The predicted octanol–water partition coefficient (Wildman–Crippen LogP) is 3.40. The minimum absolute atomic E-state index is 0.197. The number of hydrogen-bond donors (Lipinski definition) is 0. The van der Waals surface area contributed by atoms with Crippen LogP contribution in [0, 0.1) is 5.92 Å². The summed E-state index contributed by atoms with van der Waals surface area (Å²) in [5.74, 6) is 2.63. The highest BCUT2D eigenvalue weighted by Crippen LogP contribution is 2.79. The maximum atomic E-state index is 13.4. The predicted molar refractivity (Wildman–Crippen MR) is 84.3 cm³/mol. The monoisotopic (exact) mass is 298 g/mol. The number of fused-ring (bicyclic) bond motifs is 5. The van der Waals surface area contributed by atoms with Crippen molar-refractivity contribution in [2.24, 2.45) is 5.92 Å². The molecule has 5 heteroatoms. The molecule has 0 amide bonds. The molecule has 1 fully saturated rings. The molecule has 3 aliphatic rings. The Morgan fingerprint density at radius 2 is 1.79 bits per heavy atom. The van der Waals surface area contributed by atoms with Gasteiger partial charge in [-0.15, -0.1) is 0 Å². The van der Waals surface area contributed by atoms with E-state index in [0.717, 1.165) is 0 Å². The van der Waals surface area contributed by atoms with Crippen LogP contribution in [0.15, 0.2) is 23.0 Å². The van der Waals surface area contributed by atoms with Crippen LogP contribution >= 0.6 is 15.4 Å². The van der Waals surface area contributed by atoms with E-state index in [4.69, 9.17) is 0 Å². The third-order valence-electron chi connectivity index (χ3n) is 4.98. The third kappa shape index (κ3) is 1.65. The fraction of sp³-hybridized carbons (Fsp3) is 0.714. The second kappa shape index (κ2) is 4.28. The van der Waals surface area contributed by atoms with Gasteiger partial charge >= 0.3 is 0 Å². The zero-order valence-corrected chi connectivity index (χ0v) is 14.5. The van der Waals surface area contributed by atoms with Crippen molar-refractivity contribution >= 4 is 15.4 Å². The van der Waals surface area contributed by atoms with Crippen LogP contribution in [0.1, 0.15) is 13.8 Å². The fourth-order valence-corrected chi connectivity index (χ4v) is 12.0. The number of hydrogen-bond acceptors (Lipinski definition) is 2. The van der Waals surface area contributed by atoms with Gasteiger partial charge in [0.2, 0.25) is 0 Å². The van der Waals surface area contributed by atoms with Crippen molar-refractivity contribution in [3.8, 4) is 0 Å². The zero-order chi connectivity index (χ0) is 14.1. The van der Waals surface area contributed by atoms with E-state index in [2.05, 4.69) is 44.5 Å². The van der Waals surface area contributed by atoms with Gasteiger partial charge in [-0.25, -0.2) is 0 Å². The van der Waals surface area contributed by atoms with Crippen molar-refractivity contribution in [2.45, 2.75) is 30.8 Å². The maximum absolute atomic E-state index is 13.4. The van der Waals surface area contributed by atoms with E-state index in [0.29, 0.717) is 22.9 Å². The van der Waals surface area contributed by atoms with Crippen LogP contribution in [-0.4, -0.2) is 54.5 Å². The molecule has 0 aromatic heterocycles. The Labute approximate surface area is 118 Å². The normalized spacial score (nSPS) is 47.9. The second-order valence-electron chi connectivity index (χ2n) is 6.48. The SMILES string of the molecule is CC1=CP(=O)(N(C)C)[C@H]2[C@@H]1[C@H]1C(C)=C[C@@H]2P1N(C)C. The van der Waals surface area contributed by atoms with Gasteiger partial charge < -0.3 is 4.57 Å². The summed E-state index contributed by atoms with van der Waals surface area (Å²) in [6.07, 6.45) is 2.43. The van der Waals surface area contributed by atoms with E-state index in [-0.39, 0.29) is 8.07 Å². The van der Waals surface area contributed by atoms with Crippen molar-refractivity contribution in [3.63, 3.8) is 0 Å². The van der Waals surface area contributed by atoms with Crippen molar-refractivity contribution in [2.75, 3.05) is 28.2 Å². The molecular formula is C14H24N2OP2. The van der Waals surface area contributed by atoms with E-state index in [1.807, 2.05) is 18.8 Å². The number of nitrogens with zero attached hydrogens (tertiary/aromatic N) is 2. The molecule has 0 N–H and O–H groups in total. The lowest BCUT2D eigenvalue weighted by Gasteiger charge is -2.31. The number of rotatable bonds is 2. The highest BCUT2D eigenvalue weighted by atomic mass is 31.2. The Balaban J connectivity index is 2.10. The smallest absolute Gasteiger partial charge is 0.175 e. The van der Waals surface area contributed by atoms with Crippen LogP contribution in [0.5, 0.6) is 0 Å². The first-order chi connectivity index (χ1) is 8.79. The van der Waals surface area contributed by atoms with Crippen LogP contribution in [0.3, 0.4) is 0 Å². The van der Waals surface area contributed by atoms with Crippen molar-refractivity contribution < 1.29 is 4.57 Å². The summed E-state index contributed by atoms with van der Waals surface area (Å²) < 4.78 is 17.8. The Morgan fingerprint density at radius 1 is 1.16 bits per heavy atom. The molecule has 0 aliphatic carbocycles. The molecule has 1 saturated heterocycles. The van der Waals surface area contributed by atoms with Gasteiger partial charge in [0.15, 0.2) is 7.29 Å². The summed E-state index contributed by atoms with van der Waals surface area (Å²) in [6, 6.07) is 0. The molecule has 3 nitrogen and oxygen atoms in total. The van der Waals surface area contributed by atoms with Crippen molar-refractivity contribution in [3.05, 3.63) is 23.0 Å². The summed E-state index contributed by atoms with van der Waals surface area (Å²) in [5, 5.41) is 0. The Morgan fingerprint density at radius 3 is 2.32 bits per heavy atom. The molecule has 3 rings (SSSR count). The Kier molecular flexibility index (Phi) is 3.15. The standard InChI is InChI=1S/C14H24N2OP2/c1-9-7-11-14-12(13(9)18(11)15(3)4)10(2)8-19(14,17)16(5)6/h7-8,11-14H,1-6H3/t11-,12-,13+,14+,18?,19?/m0/s1. The molecule has 2 bridgehead atoms. The average Bonchev–Trinajstić information content (AvgIpc) is 2.87. The van der Waals surface area contributed by atoms with E-state index < -0.39 is 7.29 Å². The van der Waals surface area contributed by atoms with Crippen molar-refractivity contribution in [1.82, 2.24) is 9.34 Å². The minimum Gasteiger partial charge on any atom is -0.302 e. The summed E-state index contributed by atoms with van der Waals surface area (Å²) >= 11 is 0. The van der Waals surface area contributed by atoms with Crippen molar-refractivity contribution in [1.29, 1.82) is 0 Å². The fourth-order valence-electron chi connectivity index (χ4n) is 4.27. The lowest BCUT2D eigenvalue weighted by molar-refractivity contribution is 0.493. The van der Waals surface area contributed by atoms with E-state index in [1.165, 1.54) is 11.1 Å². The molecular weight excluding hydrogens is 274 g/mol. The van der Waals surface area contributed by atoms with E-state index in [1.54, 1.807) is 0 Å². The lowest BCUT2D eigenvalue weighted by atomic mass is 9.85. The Bertz CT molecular complexity index is 524. The molecule has 19 heavy (non-hydrogen) atoms. The largest absolute Gasteiger partial charge is 0.302 e. The van der Waals surface area contributed by atoms with E-state index in [9.17, 15) is 4.57 Å². The third-order valence-corrected chi connectivity index (χ3v) is 12.0. The lowest BCUT2D eigenvalue weighted by Crippen LogP contribution is -2.31.